The molecule has 6 rings (SSSR count). The van der Waals surface area contributed by atoms with Gasteiger partial charge in [0.05, 0.1) is 11.3 Å². The van der Waals surface area contributed by atoms with Gasteiger partial charge in [-0.3, -0.25) is 9.78 Å². The van der Waals surface area contributed by atoms with E-state index in [9.17, 15) is 19.5 Å². The average Bonchev–Trinajstić information content (AvgIpc) is 3.66. The van der Waals surface area contributed by atoms with Crippen molar-refractivity contribution in [2.75, 3.05) is 5.75 Å². The second-order valence-electron chi connectivity index (χ2n) is 9.64. The minimum absolute atomic E-state index is 0.0647. The molecular formula is C33H22N4O3S3. The van der Waals surface area contributed by atoms with Crippen LogP contribution in [-0.2, 0) is 16.2 Å². The van der Waals surface area contributed by atoms with E-state index >= 15 is 0 Å². The van der Waals surface area contributed by atoms with Gasteiger partial charge in [0.25, 0.3) is 5.91 Å². The zero-order valence-electron chi connectivity index (χ0n) is 22.8. The summed E-state index contributed by atoms with van der Waals surface area (Å²) in [5, 5.41) is 15.2. The first-order valence-corrected chi connectivity index (χ1v) is 16.1. The van der Waals surface area contributed by atoms with Crippen LogP contribution in [-0.4, -0.2) is 25.2 Å². The summed E-state index contributed by atoms with van der Waals surface area (Å²) in [6.07, 6.45) is 3.37. The zero-order valence-corrected chi connectivity index (χ0v) is 25.2. The van der Waals surface area contributed by atoms with Gasteiger partial charge in [0.1, 0.15) is 28.0 Å². The molecule has 0 aliphatic heterocycles. The van der Waals surface area contributed by atoms with Gasteiger partial charge in [-0.1, -0.05) is 54.1 Å². The first-order chi connectivity index (χ1) is 21.0. The Morgan fingerprint density at radius 3 is 2.60 bits per heavy atom. The first-order valence-electron chi connectivity index (χ1n) is 13.1. The highest BCUT2D eigenvalue weighted by Gasteiger charge is 2.29. The third kappa shape index (κ3) is 5.63. The van der Waals surface area contributed by atoms with Crippen LogP contribution < -0.4 is 0 Å². The third-order valence-corrected chi connectivity index (χ3v) is 10.1. The summed E-state index contributed by atoms with van der Waals surface area (Å²) in [6.45, 7) is 1.99. The van der Waals surface area contributed by atoms with Crippen molar-refractivity contribution >= 4 is 51.3 Å². The summed E-state index contributed by atoms with van der Waals surface area (Å²) in [5.41, 5.74) is 6.73. The number of pyridine rings is 1. The third-order valence-electron chi connectivity index (χ3n) is 6.90. The molecule has 0 fully saturated rings. The Bertz CT molecular complexity index is 2030. The lowest BCUT2D eigenvalue weighted by molar-refractivity contribution is -0.115. The van der Waals surface area contributed by atoms with Crippen LogP contribution in [0.15, 0.2) is 118 Å². The van der Waals surface area contributed by atoms with E-state index in [1.165, 1.54) is 23.1 Å². The van der Waals surface area contributed by atoms with Crippen LogP contribution >= 0.6 is 23.1 Å². The molecule has 0 bridgehead atoms. The molecule has 3 aromatic heterocycles. The van der Waals surface area contributed by atoms with Crippen molar-refractivity contribution in [2.24, 2.45) is 5.18 Å². The molecule has 43 heavy (non-hydrogen) atoms. The summed E-state index contributed by atoms with van der Waals surface area (Å²) in [5.74, 6) is -0.797. The SMILES string of the molecule is Cc1ccc([S+]([O-])n2c(-c3cccc(-c4cncc(SCC(=O)N=O)c4)c3)c(-c3ccsc3C#N)c3ccccc32)cc1. The normalized spacial score (nSPS) is 11.7. The molecule has 0 saturated carbocycles. The molecule has 6 aromatic rings. The number of para-hydroxylation sites is 1. The Labute approximate surface area is 259 Å². The molecule has 1 atom stereocenters. The number of carbonyl (C=O) groups is 1. The van der Waals surface area contributed by atoms with E-state index in [2.05, 4.69) is 16.2 Å². The highest BCUT2D eigenvalue weighted by Crippen LogP contribution is 2.45. The van der Waals surface area contributed by atoms with E-state index in [1.807, 2.05) is 101 Å². The molecule has 3 aromatic carbocycles. The van der Waals surface area contributed by atoms with E-state index in [0.29, 0.717) is 9.77 Å². The minimum Gasteiger partial charge on any atom is -0.587 e. The van der Waals surface area contributed by atoms with Crippen LogP contribution in [0.3, 0.4) is 0 Å². The number of nitriles is 1. The van der Waals surface area contributed by atoms with Crippen LogP contribution in [0.5, 0.6) is 0 Å². The average molecular weight is 619 g/mol. The number of carbonyl (C=O) groups excluding carboxylic acids is 1. The number of hydrogen-bond donors (Lipinski definition) is 0. The van der Waals surface area contributed by atoms with Gasteiger partial charge in [-0.15, -0.1) is 28.0 Å². The predicted octanol–water partition coefficient (Wildman–Crippen LogP) is 8.23. The lowest BCUT2D eigenvalue weighted by Crippen LogP contribution is -2.14. The van der Waals surface area contributed by atoms with Gasteiger partial charge in [-0.05, 0) is 54.3 Å². The van der Waals surface area contributed by atoms with Crippen LogP contribution in [0.2, 0.25) is 0 Å². The fourth-order valence-electron chi connectivity index (χ4n) is 4.94. The lowest BCUT2D eigenvalue weighted by Gasteiger charge is -2.16. The van der Waals surface area contributed by atoms with E-state index < -0.39 is 17.3 Å². The maximum Gasteiger partial charge on any atom is 0.296 e. The van der Waals surface area contributed by atoms with Crippen molar-refractivity contribution in [3.63, 3.8) is 0 Å². The standard InChI is InChI=1S/C33H22N4O3S3/c1-21-9-11-26(12-10-21)43(40)37-29-8-3-2-7-27(29)32(28-13-14-41-30(28)17-34)33(37)23-6-4-5-22(15-23)24-16-25(19-35-18-24)42-20-31(38)36-39/h2-16,18-19H,20H2,1H3. The number of nitrogens with zero attached hydrogens (tertiary/aromatic N) is 4. The number of aryl methyl sites for hydroxylation is 1. The molecule has 0 aliphatic rings. The van der Waals surface area contributed by atoms with Crippen LogP contribution in [0.4, 0.5) is 0 Å². The van der Waals surface area contributed by atoms with Crippen LogP contribution in [0.25, 0.3) is 44.4 Å². The Hall–Kier alpha value is -4.53. The largest absolute Gasteiger partial charge is 0.587 e. The van der Waals surface area contributed by atoms with E-state index in [0.717, 1.165) is 54.9 Å². The van der Waals surface area contributed by atoms with Crippen LogP contribution in [0.1, 0.15) is 10.4 Å². The smallest absolute Gasteiger partial charge is 0.296 e. The predicted molar refractivity (Wildman–Crippen MR) is 173 cm³/mol. The molecule has 7 nitrogen and oxygen atoms in total. The summed E-state index contributed by atoms with van der Waals surface area (Å²) >= 11 is 0.972. The Morgan fingerprint density at radius 1 is 1.02 bits per heavy atom. The minimum atomic E-state index is -1.60. The van der Waals surface area contributed by atoms with Crippen molar-refractivity contribution in [3.8, 4) is 39.6 Å². The van der Waals surface area contributed by atoms with E-state index in [4.69, 9.17) is 0 Å². The van der Waals surface area contributed by atoms with Crippen molar-refractivity contribution in [1.82, 2.24) is 8.96 Å². The second-order valence-corrected chi connectivity index (χ2v) is 12.9. The van der Waals surface area contributed by atoms with Crippen LogP contribution in [0, 0.1) is 23.2 Å². The van der Waals surface area contributed by atoms with Gasteiger partial charge in [0.2, 0.25) is 0 Å². The van der Waals surface area contributed by atoms with Crippen molar-refractivity contribution in [1.29, 1.82) is 5.26 Å². The molecule has 0 radical (unpaired) electrons. The quantitative estimate of drug-likeness (QED) is 0.0965. The lowest BCUT2D eigenvalue weighted by atomic mass is 9.97. The zero-order chi connectivity index (χ0) is 29.9. The number of aromatic nitrogens is 2. The van der Waals surface area contributed by atoms with Gasteiger partial charge in [-0.25, -0.2) is 0 Å². The Morgan fingerprint density at radius 2 is 1.81 bits per heavy atom. The molecule has 3 heterocycles. The molecule has 0 saturated heterocycles. The fraction of sp³-hybridized carbons (Fsp3) is 0.0606. The number of amides is 1. The van der Waals surface area contributed by atoms with Gasteiger partial charge in [0.15, 0.2) is 4.90 Å². The molecule has 0 spiro atoms. The number of nitroso groups, excluding NO2 is 1. The second kappa shape index (κ2) is 12.4. The molecule has 1 unspecified atom stereocenters. The number of hydrogen-bond acceptors (Lipinski definition) is 7. The highest BCUT2D eigenvalue weighted by molar-refractivity contribution is 8.00. The topological polar surface area (TPSA) is 111 Å². The maximum absolute atomic E-state index is 14.4. The number of benzene rings is 3. The van der Waals surface area contributed by atoms with Gasteiger partial charge in [-0.2, -0.15) is 9.23 Å². The number of rotatable bonds is 8. The summed E-state index contributed by atoms with van der Waals surface area (Å²) in [6, 6.07) is 29.6. The molecule has 1 amide bonds. The molecular weight excluding hydrogens is 597 g/mol. The molecule has 10 heteroatoms. The van der Waals surface area contributed by atoms with Crippen molar-refractivity contribution in [3.05, 3.63) is 118 Å². The number of fused-ring (bicyclic) bond motifs is 1. The maximum atomic E-state index is 14.4. The van der Waals surface area contributed by atoms with Crippen molar-refractivity contribution < 1.29 is 9.35 Å². The molecule has 0 N–H and O–H groups in total. The van der Waals surface area contributed by atoms with Gasteiger partial charge in [0, 0.05) is 50.1 Å². The van der Waals surface area contributed by atoms with E-state index in [1.54, 1.807) is 12.4 Å². The number of thiophene rings is 1. The summed E-state index contributed by atoms with van der Waals surface area (Å²) in [4.78, 5) is 28.3. The fourth-order valence-corrected chi connectivity index (χ4v) is 7.60. The highest BCUT2D eigenvalue weighted by atomic mass is 32.2. The number of thioether (sulfide) groups is 1. The summed E-state index contributed by atoms with van der Waals surface area (Å²) < 4.78 is 16.3. The van der Waals surface area contributed by atoms with E-state index in [-0.39, 0.29) is 5.75 Å². The summed E-state index contributed by atoms with van der Waals surface area (Å²) in [7, 11) is 0. The monoisotopic (exact) mass is 618 g/mol. The first kappa shape index (κ1) is 28.6. The molecule has 0 aliphatic carbocycles. The van der Waals surface area contributed by atoms with Gasteiger partial charge >= 0.3 is 0 Å². The Balaban J connectivity index is 1.57. The van der Waals surface area contributed by atoms with Gasteiger partial charge < -0.3 is 4.55 Å². The Kier molecular flexibility index (Phi) is 8.22. The van der Waals surface area contributed by atoms with Crippen molar-refractivity contribution in [2.45, 2.75) is 16.7 Å². The molecule has 210 valence electrons.